The molecule has 10 nitrogen and oxygen atoms in total. The molecule has 2 amide bonds. The maximum atomic E-state index is 13.9. The number of hydrogen-bond acceptors (Lipinski definition) is 6. The summed E-state index contributed by atoms with van der Waals surface area (Å²) in [6.45, 7) is 10.3. The Balaban J connectivity index is 1.32. The van der Waals surface area contributed by atoms with E-state index in [-0.39, 0.29) is 18.0 Å². The third kappa shape index (κ3) is 4.69. The fourth-order valence-electron chi connectivity index (χ4n) is 6.47. The van der Waals surface area contributed by atoms with E-state index >= 15 is 0 Å². The van der Waals surface area contributed by atoms with Crippen molar-refractivity contribution in [2.45, 2.75) is 58.7 Å². The van der Waals surface area contributed by atoms with Crippen LogP contribution in [0.5, 0.6) is 5.75 Å². The molecular formula is C31H38N6O4. The molecule has 3 aromatic heterocycles. The highest BCUT2D eigenvalue weighted by Crippen LogP contribution is 2.36. The van der Waals surface area contributed by atoms with Gasteiger partial charge in [-0.1, -0.05) is 0 Å². The van der Waals surface area contributed by atoms with E-state index in [2.05, 4.69) is 28.6 Å². The number of carbonyl (C=O) groups excluding carboxylic acids is 2. The van der Waals surface area contributed by atoms with Crippen LogP contribution in [0.3, 0.4) is 0 Å². The zero-order valence-corrected chi connectivity index (χ0v) is 24.7. The molecule has 2 fully saturated rings. The van der Waals surface area contributed by atoms with Crippen LogP contribution in [0.1, 0.15) is 50.9 Å². The largest absolute Gasteiger partial charge is 0.494 e. The van der Waals surface area contributed by atoms with Gasteiger partial charge in [0, 0.05) is 50.4 Å². The first-order chi connectivity index (χ1) is 19.6. The lowest BCUT2D eigenvalue weighted by molar-refractivity contribution is 0.0122. The SMILES string of the molecule is CCn1c(-c2nc3cc(C(=O)N4CC[C@@H]5CCN(C(=O)OC(C)(C)C)[C@@H]5C4)cc(OC)c3n2C)cc2cccnc21. The monoisotopic (exact) mass is 558 g/mol. The number of benzene rings is 1. The van der Waals surface area contributed by atoms with Crippen molar-refractivity contribution in [1.82, 2.24) is 28.9 Å². The first-order valence-electron chi connectivity index (χ1n) is 14.4. The van der Waals surface area contributed by atoms with Crippen LogP contribution in [-0.4, -0.2) is 79.3 Å². The number of rotatable bonds is 4. The van der Waals surface area contributed by atoms with Crippen LogP contribution in [0.15, 0.2) is 36.5 Å². The number of ether oxygens (including phenoxy) is 2. The van der Waals surface area contributed by atoms with Gasteiger partial charge in [0.05, 0.1) is 24.4 Å². The van der Waals surface area contributed by atoms with Crippen LogP contribution in [-0.2, 0) is 18.3 Å². The Kier molecular flexibility index (Phi) is 6.66. The summed E-state index contributed by atoms with van der Waals surface area (Å²) < 4.78 is 15.6. The maximum absolute atomic E-state index is 13.9. The third-order valence-corrected chi connectivity index (χ3v) is 8.38. The zero-order valence-electron chi connectivity index (χ0n) is 24.7. The van der Waals surface area contributed by atoms with Crippen LogP contribution < -0.4 is 4.74 Å². The average molecular weight is 559 g/mol. The van der Waals surface area contributed by atoms with Gasteiger partial charge < -0.3 is 28.4 Å². The van der Waals surface area contributed by atoms with E-state index < -0.39 is 5.60 Å². The molecule has 5 heterocycles. The van der Waals surface area contributed by atoms with Crippen molar-refractivity contribution in [3.63, 3.8) is 0 Å². The summed E-state index contributed by atoms with van der Waals surface area (Å²) in [5, 5.41) is 1.05. The van der Waals surface area contributed by atoms with Crippen molar-refractivity contribution in [1.29, 1.82) is 0 Å². The molecule has 41 heavy (non-hydrogen) atoms. The van der Waals surface area contributed by atoms with Crippen molar-refractivity contribution < 1.29 is 19.1 Å². The van der Waals surface area contributed by atoms with Gasteiger partial charge in [0.1, 0.15) is 22.5 Å². The van der Waals surface area contributed by atoms with Gasteiger partial charge in [-0.3, -0.25) is 4.79 Å². The molecule has 2 atom stereocenters. The summed E-state index contributed by atoms with van der Waals surface area (Å²) in [7, 11) is 3.58. The van der Waals surface area contributed by atoms with Gasteiger partial charge >= 0.3 is 6.09 Å². The number of nitrogens with zero attached hydrogens (tertiary/aromatic N) is 6. The van der Waals surface area contributed by atoms with Crippen molar-refractivity contribution in [3.8, 4) is 17.3 Å². The molecular weight excluding hydrogens is 520 g/mol. The number of aromatic nitrogens is 4. The Morgan fingerprint density at radius 3 is 2.63 bits per heavy atom. The molecule has 4 aromatic rings. The normalized spacial score (nSPS) is 19.2. The maximum Gasteiger partial charge on any atom is 0.410 e. The molecule has 0 aliphatic carbocycles. The van der Waals surface area contributed by atoms with E-state index in [4.69, 9.17) is 14.5 Å². The Hall–Kier alpha value is -4.08. The van der Waals surface area contributed by atoms with E-state index in [1.165, 1.54) is 0 Å². The second kappa shape index (κ2) is 10.1. The predicted octanol–water partition coefficient (Wildman–Crippen LogP) is 5.09. The molecule has 1 aromatic carbocycles. The van der Waals surface area contributed by atoms with Gasteiger partial charge in [-0.2, -0.15) is 0 Å². The van der Waals surface area contributed by atoms with Crippen LogP contribution in [0.25, 0.3) is 33.6 Å². The Labute approximate surface area is 239 Å². The number of hydrogen-bond donors (Lipinski definition) is 0. The molecule has 2 saturated heterocycles. The highest BCUT2D eigenvalue weighted by Gasteiger charge is 2.43. The van der Waals surface area contributed by atoms with Crippen molar-refractivity contribution in [2.24, 2.45) is 13.0 Å². The molecule has 2 aliphatic heterocycles. The minimum Gasteiger partial charge on any atom is -0.494 e. The Morgan fingerprint density at radius 2 is 1.90 bits per heavy atom. The number of likely N-dealkylation sites (tertiary alicyclic amines) is 2. The molecule has 0 radical (unpaired) electrons. The van der Waals surface area contributed by atoms with E-state index in [0.29, 0.717) is 42.4 Å². The fourth-order valence-corrected chi connectivity index (χ4v) is 6.47. The fraction of sp³-hybridized carbons (Fsp3) is 0.484. The van der Waals surface area contributed by atoms with Gasteiger partial charge in [-0.05, 0) is 76.8 Å². The molecule has 0 spiro atoms. The second-order valence-electron chi connectivity index (χ2n) is 12.1. The van der Waals surface area contributed by atoms with Crippen LogP contribution in [0.4, 0.5) is 4.79 Å². The molecule has 0 bridgehead atoms. The second-order valence-corrected chi connectivity index (χ2v) is 12.1. The summed E-state index contributed by atoms with van der Waals surface area (Å²) >= 11 is 0. The van der Waals surface area contributed by atoms with Crippen molar-refractivity contribution >= 4 is 34.1 Å². The first-order valence-corrected chi connectivity index (χ1v) is 14.4. The molecule has 10 heteroatoms. The van der Waals surface area contributed by atoms with Gasteiger partial charge in [-0.15, -0.1) is 0 Å². The highest BCUT2D eigenvalue weighted by molar-refractivity contribution is 6.00. The number of aryl methyl sites for hydroxylation is 2. The molecule has 2 aliphatic rings. The minimum absolute atomic E-state index is 0.0424. The molecule has 6 rings (SSSR count). The standard InChI is InChI=1S/C31H38N6O4/c1-7-36-23(16-20-9-8-12-32-27(20)36)28-33-22-15-21(17-25(40-6)26(22)34(28)5)29(38)35-13-10-19-11-14-37(24(19)18-35)30(39)41-31(2,3)4/h8-9,12,15-17,19,24H,7,10-11,13-14,18H2,1-6H3/t19-,24-/m1/s1. The lowest BCUT2D eigenvalue weighted by Gasteiger charge is -2.38. The number of carbonyl (C=O) groups is 2. The smallest absolute Gasteiger partial charge is 0.410 e. The number of piperidine rings is 1. The Morgan fingerprint density at radius 1 is 1.12 bits per heavy atom. The number of methoxy groups -OCH3 is 1. The lowest BCUT2D eigenvalue weighted by atomic mass is 9.92. The summed E-state index contributed by atoms with van der Waals surface area (Å²) in [4.78, 5) is 40.0. The number of amides is 2. The van der Waals surface area contributed by atoms with Crippen LogP contribution in [0.2, 0.25) is 0 Å². The molecule has 0 unspecified atom stereocenters. The molecule has 216 valence electrons. The summed E-state index contributed by atoms with van der Waals surface area (Å²) in [5.74, 6) is 1.67. The van der Waals surface area contributed by atoms with Gasteiger partial charge in [0.2, 0.25) is 0 Å². The van der Waals surface area contributed by atoms with E-state index in [1.54, 1.807) is 19.4 Å². The van der Waals surface area contributed by atoms with Gasteiger partial charge in [0.25, 0.3) is 5.91 Å². The average Bonchev–Trinajstić information content (AvgIpc) is 3.63. The molecule has 0 N–H and O–H groups in total. The zero-order chi connectivity index (χ0) is 29.1. The van der Waals surface area contributed by atoms with E-state index in [0.717, 1.165) is 47.5 Å². The third-order valence-electron chi connectivity index (χ3n) is 8.38. The predicted molar refractivity (Wildman–Crippen MR) is 157 cm³/mol. The van der Waals surface area contributed by atoms with Crippen molar-refractivity contribution in [2.75, 3.05) is 26.7 Å². The highest BCUT2D eigenvalue weighted by atomic mass is 16.6. The summed E-state index contributed by atoms with van der Waals surface area (Å²) in [6.07, 6.45) is 3.29. The number of pyridine rings is 1. The topological polar surface area (TPSA) is 94.7 Å². The van der Waals surface area contributed by atoms with Crippen molar-refractivity contribution in [3.05, 3.63) is 42.1 Å². The first kappa shape index (κ1) is 27.1. The summed E-state index contributed by atoms with van der Waals surface area (Å²) in [6, 6.07) is 9.71. The Bertz CT molecular complexity index is 1650. The quantitative estimate of drug-likeness (QED) is 0.346. The number of imidazole rings is 1. The minimum atomic E-state index is -0.561. The lowest BCUT2D eigenvalue weighted by Crippen LogP contribution is -2.52. The van der Waals surface area contributed by atoms with E-state index in [9.17, 15) is 9.59 Å². The van der Waals surface area contributed by atoms with Gasteiger partial charge in [-0.25, -0.2) is 14.8 Å². The van der Waals surface area contributed by atoms with E-state index in [1.807, 2.05) is 54.3 Å². The number of fused-ring (bicyclic) bond motifs is 3. The van der Waals surface area contributed by atoms with Crippen LogP contribution >= 0.6 is 0 Å². The van der Waals surface area contributed by atoms with Crippen LogP contribution in [0, 0.1) is 5.92 Å². The summed E-state index contributed by atoms with van der Waals surface area (Å²) in [5.41, 5.74) is 3.35. The van der Waals surface area contributed by atoms with Gasteiger partial charge in [0.15, 0.2) is 5.82 Å². The molecule has 0 saturated carbocycles.